The van der Waals surface area contributed by atoms with E-state index in [9.17, 15) is 20.1 Å². The van der Waals surface area contributed by atoms with Crippen molar-refractivity contribution in [2.75, 3.05) is 39.5 Å². The van der Waals surface area contributed by atoms with Crippen molar-refractivity contribution in [1.29, 1.82) is 0 Å². The van der Waals surface area contributed by atoms with Crippen LogP contribution < -0.4 is 0 Å². The Morgan fingerprint density at radius 1 is 1.25 bits per heavy atom. The number of carbonyl (C=O) groups excluding carboxylic acids is 1. The molecule has 1 atom stereocenters. The second-order valence-corrected chi connectivity index (χ2v) is 6.68. The summed E-state index contributed by atoms with van der Waals surface area (Å²) >= 11 is 0. The highest BCUT2D eigenvalue weighted by Crippen LogP contribution is 2.25. The molecule has 0 saturated heterocycles. The molecule has 3 N–H and O–H groups in total. The standard InChI is InChI=1S/C20H31N3O5/c1-3-28-20(27)6-4-5-19-21-16-13-15(7-8-17(16)22(19)2)18(14-26)23(9-11-24)10-12-25/h7-8,13,18,24-26H,3-6,9-12,14H2,1-2H3. The molecule has 0 aliphatic carbocycles. The van der Waals surface area contributed by atoms with Crippen molar-refractivity contribution >= 4 is 17.0 Å². The Balaban J connectivity index is 2.18. The van der Waals surface area contributed by atoms with Crippen molar-refractivity contribution in [3.05, 3.63) is 29.6 Å². The molecule has 1 aromatic heterocycles. The van der Waals surface area contributed by atoms with Crippen molar-refractivity contribution in [3.63, 3.8) is 0 Å². The van der Waals surface area contributed by atoms with Crippen molar-refractivity contribution in [3.8, 4) is 0 Å². The summed E-state index contributed by atoms with van der Waals surface area (Å²) in [5.41, 5.74) is 2.67. The third-order valence-corrected chi connectivity index (χ3v) is 4.86. The van der Waals surface area contributed by atoms with Crippen LogP contribution in [0.3, 0.4) is 0 Å². The SMILES string of the molecule is CCOC(=O)CCCc1nc2cc(C(CO)N(CCO)CCO)ccc2n1C. The Hall–Kier alpha value is -2.00. The highest BCUT2D eigenvalue weighted by atomic mass is 16.5. The average molecular weight is 393 g/mol. The van der Waals surface area contributed by atoms with Crippen LogP contribution in [0, 0.1) is 0 Å². The quantitative estimate of drug-likeness (QED) is 0.457. The molecule has 156 valence electrons. The number of ether oxygens (including phenoxy) is 1. The summed E-state index contributed by atoms with van der Waals surface area (Å²) in [5.74, 6) is 0.696. The minimum absolute atomic E-state index is 0.0487. The van der Waals surface area contributed by atoms with E-state index in [0.717, 1.165) is 22.4 Å². The molecule has 0 radical (unpaired) electrons. The summed E-state index contributed by atoms with van der Waals surface area (Å²) in [7, 11) is 1.95. The molecule has 0 aliphatic rings. The molecule has 0 aliphatic heterocycles. The number of hydrogen-bond acceptors (Lipinski definition) is 7. The predicted octanol–water partition coefficient (Wildman–Crippen LogP) is 0.779. The van der Waals surface area contributed by atoms with Gasteiger partial charge in [0, 0.05) is 33.0 Å². The summed E-state index contributed by atoms with van der Waals surface area (Å²) in [6, 6.07) is 5.52. The molecular formula is C20H31N3O5. The number of aryl methyl sites for hydroxylation is 2. The van der Waals surface area contributed by atoms with Gasteiger partial charge < -0.3 is 24.6 Å². The Morgan fingerprint density at radius 3 is 2.57 bits per heavy atom. The first-order chi connectivity index (χ1) is 13.5. The molecule has 2 rings (SSSR count). The molecule has 2 aromatic rings. The van der Waals surface area contributed by atoms with Crippen LogP contribution in [0.25, 0.3) is 11.0 Å². The van der Waals surface area contributed by atoms with Gasteiger partial charge in [0.1, 0.15) is 5.82 Å². The summed E-state index contributed by atoms with van der Waals surface area (Å²) in [4.78, 5) is 18.0. The van der Waals surface area contributed by atoms with E-state index in [1.807, 2.05) is 34.7 Å². The van der Waals surface area contributed by atoms with Gasteiger partial charge in [-0.15, -0.1) is 0 Å². The smallest absolute Gasteiger partial charge is 0.305 e. The van der Waals surface area contributed by atoms with Crippen LogP contribution >= 0.6 is 0 Å². The van der Waals surface area contributed by atoms with E-state index >= 15 is 0 Å². The molecule has 0 amide bonds. The normalized spacial score (nSPS) is 12.6. The average Bonchev–Trinajstić information content (AvgIpc) is 2.98. The van der Waals surface area contributed by atoms with Crippen LogP contribution in [0.15, 0.2) is 18.2 Å². The zero-order chi connectivity index (χ0) is 20.5. The molecule has 1 heterocycles. The van der Waals surface area contributed by atoms with E-state index in [1.165, 1.54) is 0 Å². The number of aromatic nitrogens is 2. The highest BCUT2D eigenvalue weighted by Gasteiger charge is 2.20. The first-order valence-corrected chi connectivity index (χ1v) is 9.73. The summed E-state index contributed by atoms with van der Waals surface area (Å²) < 4.78 is 6.97. The molecule has 0 spiro atoms. The van der Waals surface area contributed by atoms with Gasteiger partial charge in [-0.25, -0.2) is 4.98 Å². The van der Waals surface area contributed by atoms with Crippen molar-refractivity contribution in [2.24, 2.45) is 7.05 Å². The number of benzene rings is 1. The van der Waals surface area contributed by atoms with Gasteiger partial charge >= 0.3 is 5.97 Å². The minimum atomic E-state index is -0.321. The first kappa shape index (κ1) is 22.3. The molecule has 8 heteroatoms. The van der Waals surface area contributed by atoms with Gasteiger partial charge in [-0.3, -0.25) is 9.69 Å². The molecule has 0 bridgehead atoms. The molecule has 0 fully saturated rings. The second-order valence-electron chi connectivity index (χ2n) is 6.68. The predicted molar refractivity (Wildman–Crippen MR) is 106 cm³/mol. The van der Waals surface area contributed by atoms with Crippen molar-refractivity contribution in [2.45, 2.75) is 32.2 Å². The van der Waals surface area contributed by atoms with Gasteiger partial charge in [-0.05, 0) is 31.0 Å². The van der Waals surface area contributed by atoms with E-state index in [4.69, 9.17) is 9.72 Å². The number of aliphatic hydroxyl groups is 3. The third-order valence-electron chi connectivity index (χ3n) is 4.86. The van der Waals surface area contributed by atoms with Crippen LogP contribution in [0.4, 0.5) is 0 Å². The molecule has 8 nitrogen and oxygen atoms in total. The number of rotatable bonds is 12. The fourth-order valence-corrected chi connectivity index (χ4v) is 3.43. The van der Waals surface area contributed by atoms with E-state index in [-0.39, 0.29) is 31.8 Å². The number of aliphatic hydroxyl groups excluding tert-OH is 3. The van der Waals surface area contributed by atoms with E-state index in [1.54, 1.807) is 6.92 Å². The van der Waals surface area contributed by atoms with Gasteiger partial charge in [0.05, 0.1) is 43.5 Å². The summed E-state index contributed by atoms with van der Waals surface area (Å²) in [6.07, 6.45) is 1.71. The Kier molecular flexibility index (Phi) is 8.85. The molecule has 28 heavy (non-hydrogen) atoms. The zero-order valence-corrected chi connectivity index (χ0v) is 16.7. The monoisotopic (exact) mass is 393 g/mol. The second kappa shape index (κ2) is 11.1. The summed E-state index contributed by atoms with van der Waals surface area (Å²) in [6.45, 7) is 2.70. The number of nitrogens with zero attached hydrogens (tertiary/aromatic N) is 3. The maximum atomic E-state index is 11.5. The number of carbonyl (C=O) groups is 1. The molecular weight excluding hydrogens is 362 g/mol. The van der Waals surface area contributed by atoms with Gasteiger partial charge in [0.2, 0.25) is 0 Å². The Morgan fingerprint density at radius 2 is 1.96 bits per heavy atom. The van der Waals surface area contributed by atoms with Crippen molar-refractivity contribution < 1.29 is 24.9 Å². The maximum Gasteiger partial charge on any atom is 0.305 e. The van der Waals surface area contributed by atoms with Gasteiger partial charge in [-0.2, -0.15) is 0 Å². The fraction of sp³-hybridized carbons (Fsp3) is 0.600. The fourth-order valence-electron chi connectivity index (χ4n) is 3.43. The van der Waals surface area contributed by atoms with Crippen molar-refractivity contribution in [1.82, 2.24) is 14.5 Å². The third kappa shape index (κ3) is 5.51. The largest absolute Gasteiger partial charge is 0.466 e. The minimum Gasteiger partial charge on any atom is -0.466 e. The molecule has 1 aromatic carbocycles. The maximum absolute atomic E-state index is 11.5. The van der Waals surface area contributed by atoms with Gasteiger partial charge in [-0.1, -0.05) is 6.07 Å². The van der Waals surface area contributed by atoms with E-state index in [2.05, 4.69) is 0 Å². The number of hydrogen-bond donors (Lipinski definition) is 3. The lowest BCUT2D eigenvalue weighted by atomic mass is 10.0. The number of imidazole rings is 1. The van der Waals surface area contributed by atoms with E-state index in [0.29, 0.717) is 39.0 Å². The van der Waals surface area contributed by atoms with Gasteiger partial charge in [0.15, 0.2) is 0 Å². The lowest BCUT2D eigenvalue weighted by Gasteiger charge is -2.29. The number of fused-ring (bicyclic) bond motifs is 1. The lowest BCUT2D eigenvalue weighted by Crippen LogP contribution is -2.35. The van der Waals surface area contributed by atoms with Crippen LogP contribution in [-0.2, 0) is 23.0 Å². The topological polar surface area (TPSA) is 108 Å². The van der Waals surface area contributed by atoms with Crippen LogP contribution in [-0.4, -0.2) is 75.3 Å². The van der Waals surface area contributed by atoms with Crippen LogP contribution in [0.5, 0.6) is 0 Å². The number of esters is 1. The molecule has 1 unspecified atom stereocenters. The zero-order valence-electron chi connectivity index (χ0n) is 16.7. The highest BCUT2D eigenvalue weighted by molar-refractivity contribution is 5.77. The molecule has 0 saturated carbocycles. The summed E-state index contributed by atoms with van der Waals surface area (Å²) in [5, 5.41) is 28.4. The Labute approximate surface area is 165 Å². The van der Waals surface area contributed by atoms with E-state index < -0.39 is 0 Å². The Bertz CT molecular complexity index is 756. The lowest BCUT2D eigenvalue weighted by molar-refractivity contribution is -0.143. The first-order valence-electron chi connectivity index (χ1n) is 9.73. The van der Waals surface area contributed by atoms with Crippen LogP contribution in [0.2, 0.25) is 0 Å². The van der Waals surface area contributed by atoms with Gasteiger partial charge in [0.25, 0.3) is 0 Å². The van der Waals surface area contributed by atoms with Crippen LogP contribution in [0.1, 0.15) is 37.2 Å².